The van der Waals surface area contributed by atoms with E-state index in [-0.39, 0.29) is 0 Å². The van der Waals surface area contributed by atoms with Gasteiger partial charge < -0.3 is 4.90 Å². The minimum absolute atomic E-state index is 0.503. The summed E-state index contributed by atoms with van der Waals surface area (Å²) in [7, 11) is 0. The molecule has 9 aromatic rings. The fourth-order valence-electron chi connectivity index (χ4n) is 9.80. The number of rotatable bonds is 17. The fourth-order valence-corrected chi connectivity index (χ4v) is 13.7. The third kappa shape index (κ3) is 8.30. The van der Waals surface area contributed by atoms with E-state index in [9.17, 15) is 0 Å². The molecule has 0 aliphatic rings. The SMILES string of the molecule is CCCCCc1c(-c2ccc(N(c3ccc(-c4sc5ccccc5c4C(CC)CCC)cc3)c3ccc(-c4sc5ccccc5c4[C@@H](C)CCC)cc3)cc2)sc2ccccc12. The molecule has 4 heteroatoms. The van der Waals surface area contributed by atoms with Gasteiger partial charge in [0.15, 0.2) is 0 Å². The first-order chi connectivity index (χ1) is 30.5. The smallest absolute Gasteiger partial charge is 0.0462 e. The summed E-state index contributed by atoms with van der Waals surface area (Å²) in [6.45, 7) is 11.7. The monoisotopic (exact) mass is 865 g/mol. The van der Waals surface area contributed by atoms with Crippen molar-refractivity contribution in [2.45, 2.75) is 104 Å². The fraction of sp³-hybridized carbons (Fsp3) is 0.276. The summed E-state index contributed by atoms with van der Waals surface area (Å²) in [6, 6.07) is 55.2. The molecule has 3 aromatic heterocycles. The van der Waals surface area contributed by atoms with Crippen LogP contribution in [0.2, 0.25) is 0 Å². The Hall–Kier alpha value is -5.00. The zero-order chi connectivity index (χ0) is 42.6. The average Bonchev–Trinajstić information content (AvgIpc) is 4.01. The van der Waals surface area contributed by atoms with Crippen LogP contribution in [0.5, 0.6) is 0 Å². The van der Waals surface area contributed by atoms with Gasteiger partial charge in [-0.05, 0) is 148 Å². The van der Waals surface area contributed by atoms with Crippen LogP contribution in [0.15, 0.2) is 146 Å². The van der Waals surface area contributed by atoms with E-state index in [0.29, 0.717) is 11.8 Å². The maximum atomic E-state index is 2.45. The zero-order valence-corrected chi connectivity index (χ0v) is 39.5. The molecule has 1 nitrogen and oxygen atoms in total. The van der Waals surface area contributed by atoms with E-state index in [1.54, 1.807) is 0 Å². The van der Waals surface area contributed by atoms with Crippen LogP contribution in [0.4, 0.5) is 17.1 Å². The van der Waals surface area contributed by atoms with Crippen molar-refractivity contribution in [2.24, 2.45) is 0 Å². The third-order valence-corrected chi connectivity index (χ3v) is 16.6. The van der Waals surface area contributed by atoms with Gasteiger partial charge in [-0.2, -0.15) is 0 Å². The number of anilines is 3. The van der Waals surface area contributed by atoms with Crippen molar-refractivity contribution in [1.29, 1.82) is 0 Å². The Morgan fingerprint density at radius 1 is 0.435 bits per heavy atom. The lowest BCUT2D eigenvalue weighted by molar-refractivity contribution is 0.602. The van der Waals surface area contributed by atoms with Gasteiger partial charge in [0.2, 0.25) is 0 Å². The van der Waals surface area contributed by atoms with Crippen LogP contribution in [0.1, 0.15) is 115 Å². The Labute approximate surface area is 381 Å². The summed E-state index contributed by atoms with van der Waals surface area (Å²) in [4.78, 5) is 6.70. The Bertz CT molecular complexity index is 2890. The number of unbranched alkanes of at least 4 members (excludes halogenated alkanes) is 2. The van der Waals surface area contributed by atoms with Crippen molar-refractivity contribution in [3.63, 3.8) is 0 Å². The molecule has 0 N–H and O–H groups in total. The molecule has 1 unspecified atom stereocenters. The molecule has 0 aliphatic carbocycles. The molecule has 6 aromatic carbocycles. The van der Waals surface area contributed by atoms with Crippen LogP contribution in [0.3, 0.4) is 0 Å². The van der Waals surface area contributed by atoms with Crippen molar-refractivity contribution < 1.29 is 0 Å². The molecule has 0 fully saturated rings. The Kier molecular flexibility index (Phi) is 13.1. The number of aryl methyl sites for hydroxylation is 1. The number of benzene rings is 6. The summed E-state index contributed by atoms with van der Waals surface area (Å²) in [5, 5.41) is 4.26. The molecule has 62 heavy (non-hydrogen) atoms. The van der Waals surface area contributed by atoms with E-state index in [2.05, 4.69) is 185 Å². The molecule has 0 radical (unpaired) electrons. The van der Waals surface area contributed by atoms with Gasteiger partial charge >= 0.3 is 0 Å². The van der Waals surface area contributed by atoms with Crippen LogP contribution < -0.4 is 4.90 Å². The summed E-state index contributed by atoms with van der Waals surface area (Å²) in [5.74, 6) is 1.06. The van der Waals surface area contributed by atoms with E-state index < -0.39 is 0 Å². The van der Waals surface area contributed by atoms with Crippen molar-refractivity contribution in [3.05, 3.63) is 162 Å². The van der Waals surface area contributed by atoms with Crippen LogP contribution in [0.25, 0.3) is 61.6 Å². The quantitative estimate of drug-likeness (QED) is 0.0824. The molecule has 0 saturated carbocycles. The molecule has 0 saturated heterocycles. The van der Waals surface area contributed by atoms with E-state index in [0.717, 1.165) is 18.5 Å². The van der Waals surface area contributed by atoms with Crippen molar-refractivity contribution >= 4 is 81.3 Å². The summed E-state index contributed by atoms with van der Waals surface area (Å²) in [5.41, 5.74) is 12.0. The van der Waals surface area contributed by atoms with E-state index in [4.69, 9.17) is 0 Å². The minimum Gasteiger partial charge on any atom is -0.311 e. The number of thiophene rings is 3. The maximum absolute atomic E-state index is 2.45. The number of hydrogen-bond donors (Lipinski definition) is 0. The van der Waals surface area contributed by atoms with E-state index in [1.165, 1.54) is 135 Å². The average molecular weight is 866 g/mol. The van der Waals surface area contributed by atoms with Crippen LogP contribution in [-0.2, 0) is 6.42 Å². The summed E-state index contributed by atoms with van der Waals surface area (Å²) >= 11 is 5.85. The largest absolute Gasteiger partial charge is 0.311 e. The highest BCUT2D eigenvalue weighted by Gasteiger charge is 2.23. The Balaban J connectivity index is 1.13. The molecule has 0 amide bonds. The molecule has 0 aliphatic heterocycles. The van der Waals surface area contributed by atoms with Gasteiger partial charge in [0.1, 0.15) is 0 Å². The second kappa shape index (κ2) is 19.2. The highest BCUT2D eigenvalue weighted by Crippen LogP contribution is 2.48. The number of nitrogens with zero attached hydrogens (tertiary/aromatic N) is 1. The molecule has 3 heterocycles. The molecule has 314 valence electrons. The van der Waals surface area contributed by atoms with Crippen LogP contribution in [0, 0.1) is 0 Å². The molecular weight excluding hydrogens is 807 g/mol. The second-order valence-electron chi connectivity index (χ2n) is 17.1. The van der Waals surface area contributed by atoms with E-state index in [1.807, 2.05) is 34.0 Å². The lowest BCUT2D eigenvalue weighted by atomic mass is 9.88. The predicted molar refractivity (Wildman–Crippen MR) is 278 cm³/mol. The minimum atomic E-state index is 0.503. The summed E-state index contributed by atoms with van der Waals surface area (Å²) < 4.78 is 4.14. The molecule has 0 spiro atoms. The molecule has 9 rings (SSSR count). The van der Waals surface area contributed by atoms with Crippen LogP contribution in [-0.4, -0.2) is 0 Å². The van der Waals surface area contributed by atoms with Gasteiger partial charge in [0.25, 0.3) is 0 Å². The van der Waals surface area contributed by atoms with Crippen LogP contribution >= 0.6 is 34.0 Å². The first-order valence-corrected chi connectivity index (χ1v) is 25.6. The van der Waals surface area contributed by atoms with E-state index >= 15 is 0 Å². The second-order valence-corrected chi connectivity index (χ2v) is 20.3. The Morgan fingerprint density at radius 3 is 1.37 bits per heavy atom. The Morgan fingerprint density at radius 2 is 0.871 bits per heavy atom. The van der Waals surface area contributed by atoms with Gasteiger partial charge in [0, 0.05) is 45.8 Å². The highest BCUT2D eigenvalue weighted by molar-refractivity contribution is 7.23. The topological polar surface area (TPSA) is 3.24 Å². The third-order valence-electron chi connectivity index (χ3n) is 12.9. The standard InChI is InChI=1S/C58H59NS3/c1-6-10-11-21-48-47-20-12-15-24-51(47)60-56(48)41-27-33-44(34-28-41)59(45-35-29-42(30-36-45)57-54(39(5)18-7-2)49-22-13-16-25-52(49)61-57)46-37-31-43(32-38-46)58-55(40(9-4)19-8-3)50-23-14-17-26-53(50)62-58/h12-17,20,22-40H,6-11,18-19,21H2,1-5H3/t39-,40?/m0/s1. The van der Waals surface area contributed by atoms with Crippen molar-refractivity contribution in [2.75, 3.05) is 4.90 Å². The maximum Gasteiger partial charge on any atom is 0.0462 e. The summed E-state index contributed by atoms with van der Waals surface area (Å²) in [6.07, 6.45) is 10.8. The normalized spacial score (nSPS) is 12.7. The van der Waals surface area contributed by atoms with Crippen molar-refractivity contribution in [3.8, 4) is 31.3 Å². The first-order valence-electron chi connectivity index (χ1n) is 23.2. The zero-order valence-electron chi connectivity index (χ0n) is 37.0. The first kappa shape index (κ1) is 42.3. The lowest BCUT2D eigenvalue weighted by Gasteiger charge is -2.26. The molecular formula is C58H59NS3. The van der Waals surface area contributed by atoms with Gasteiger partial charge in [-0.1, -0.05) is 151 Å². The molecule has 2 atom stereocenters. The molecule has 0 bridgehead atoms. The van der Waals surface area contributed by atoms with Gasteiger partial charge in [0.05, 0.1) is 0 Å². The van der Waals surface area contributed by atoms with Gasteiger partial charge in [-0.3, -0.25) is 0 Å². The van der Waals surface area contributed by atoms with Gasteiger partial charge in [-0.15, -0.1) is 34.0 Å². The van der Waals surface area contributed by atoms with Gasteiger partial charge in [-0.25, -0.2) is 0 Å². The highest BCUT2D eigenvalue weighted by atomic mass is 32.1. The number of fused-ring (bicyclic) bond motifs is 3. The van der Waals surface area contributed by atoms with Crippen molar-refractivity contribution in [1.82, 2.24) is 0 Å². The predicted octanol–water partition coefficient (Wildman–Crippen LogP) is 19.7. The number of hydrogen-bond acceptors (Lipinski definition) is 4. The lowest BCUT2D eigenvalue weighted by Crippen LogP contribution is -2.09.